The number of fused-ring (bicyclic) bond motifs is 1. The molecule has 1 aromatic heterocycles. The van der Waals surface area contributed by atoms with Crippen LogP contribution in [0.1, 0.15) is 24.4 Å². The number of aromatic nitrogens is 2. The molecular formula is C20H19FN2O. The molecule has 3 aromatic rings. The summed E-state index contributed by atoms with van der Waals surface area (Å²) in [7, 11) is 0. The van der Waals surface area contributed by atoms with Gasteiger partial charge < -0.3 is 0 Å². The first kappa shape index (κ1) is 16.1. The zero-order chi connectivity index (χ0) is 16.9. The summed E-state index contributed by atoms with van der Waals surface area (Å²) in [5, 5.41) is 0.0370. The fourth-order valence-corrected chi connectivity index (χ4v) is 2.90. The summed E-state index contributed by atoms with van der Waals surface area (Å²) in [5.74, 6) is -0.536. The maximum atomic E-state index is 14.0. The lowest BCUT2D eigenvalue weighted by atomic mass is 10.0. The second-order valence-corrected chi connectivity index (χ2v) is 5.77. The van der Waals surface area contributed by atoms with E-state index in [2.05, 4.69) is 23.7 Å². The van der Waals surface area contributed by atoms with Gasteiger partial charge in [-0.3, -0.25) is 9.36 Å². The highest BCUT2D eigenvalue weighted by molar-refractivity contribution is 5.77. The Hall–Kier alpha value is -2.75. The van der Waals surface area contributed by atoms with Crippen molar-refractivity contribution in [2.75, 3.05) is 0 Å². The average Bonchev–Trinajstić information content (AvgIpc) is 2.61. The molecule has 0 aliphatic carbocycles. The van der Waals surface area contributed by atoms with Gasteiger partial charge in [0, 0.05) is 0 Å². The Bertz CT molecular complexity index is 902. The maximum absolute atomic E-state index is 14.0. The first-order valence-corrected chi connectivity index (χ1v) is 8.02. The van der Waals surface area contributed by atoms with Gasteiger partial charge in [0.05, 0.1) is 17.9 Å². The lowest BCUT2D eigenvalue weighted by Gasteiger charge is -2.16. The van der Waals surface area contributed by atoms with Crippen LogP contribution in [-0.2, 0) is 6.42 Å². The van der Waals surface area contributed by atoms with E-state index in [1.54, 1.807) is 18.2 Å². The van der Waals surface area contributed by atoms with Crippen LogP contribution in [0, 0.1) is 5.82 Å². The van der Waals surface area contributed by atoms with Crippen LogP contribution in [0.4, 0.5) is 4.39 Å². The van der Waals surface area contributed by atoms with Gasteiger partial charge in [0.15, 0.2) is 0 Å². The Labute approximate surface area is 140 Å². The number of aryl methyl sites for hydroxylation is 1. The van der Waals surface area contributed by atoms with E-state index in [1.807, 2.05) is 18.2 Å². The summed E-state index contributed by atoms with van der Waals surface area (Å²) >= 11 is 0. The van der Waals surface area contributed by atoms with Crippen LogP contribution >= 0.6 is 0 Å². The van der Waals surface area contributed by atoms with Crippen molar-refractivity contribution in [1.82, 2.24) is 9.55 Å². The number of allylic oxidation sites excluding steroid dienone is 1. The van der Waals surface area contributed by atoms with Gasteiger partial charge in [-0.15, -0.1) is 6.58 Å². The average molecular weight is 322 g/mol. The Morgan fingerprint density at radius 2 is 1.96 bits per heavy atom. The van der Waals surface area contributed by atoms with Crippen molar-refractivity contribution >= 4 is 10.9 Å². The van der Waals surface area contributed by atoms with E-state index in [9.17, 15) is 9.18 Å². The quantitative estimate of drug-likeness (QED) is 0.635. The third-order valence-corrected chi connectivity index (χ3v) is 4.20. The van der Waals surface area contributed by atoms with Gasteiger partial charge in [-0.25, -0.2) is 9.37 Å². The lowest BCUT2D eigenvalue weighted by Crippen LogP contribution is -2.25. The van der Waals surface area contributed by atoms with E-state index in [-0.39, 0.29) is 17.0 Å². The zero-order valence-electron chi connectivity index (χ0n) is 13.4. The molecule has 122 valence electrons. The predicted octanol–water partition coefficient (Wildman–Crippen LogP) is 4.29. The Kier molecular flexibility index (Phi) is 4.85. The van der Waals surface area contributed by atoms with Crippen molar-refractivity contribution in [3.8, 4) is 0 Å². The second-order valence-electron chi connectivity index (χ2n) is 5.77. The second kappa shape index (κ2) is 7.21. The Morgan fingerprint density at radius 3 is 2.71 bits per heavy atom. The SMILES string of the molecule is C=C[C@@H](CCCc1ccccc1)n1cnc2cccc(F)c2c1=O. The molecule has 0 saturated carbocycles. The molecule has 1 atom stereocenters. The highest BCUT2D eigenvalue weighted by atomic mass is 19.1. The molecule has 0 aliphatic heterocycles. The number of hydrogen-bond acceptors (Lipinski definition) is 2. The summed E-state index contributed by atoms with van der Waals surface area (Å²) in [6, 6.07) is 14.5. The van der Waals surface area contributed by atoms with E-state index in [0.29, 0.717) is 5.52 Å². The van der Waals surface area contributed by atoms with Crippen molar-refractivity contribution < 1.29 is 4.39 Å². The minimum Gasteiger partial charge on any atom is -0.292 e. The molecule has 3 nitrogen and oxygen atoms in total. The first-order valence-electron chi connectivity index (χ1n) is 8.02. The number of hydrogen-bond donors (Lipinski definition) is 0. The van der Waals surface area contributed by atoms with Crippen LogP contribution in [-0.4, -0.2) is 9.55 Å². The van der Waals surface area contributed by atoms with Gasteiger partial charge in [-0.2, -0.15) is 0 Å². The molecule has 0 amide bonds. The third kappa shape index (κ3) is 3.27. The van der Waals surface area contributed by atoms with Gasteiger partial charge in [-0.05, 0) is 37.0 Å². The molecule has 0 bridgehead atoms. The molecular weight excluding hydrogens is 303 g/mol. The van der Waals surface area contributed by atoms with Crippen LogP contribution in [0.25, 0.3) is 10.9 Å². The molecule has 0 radical (unpaired) electrons. The van der Waals surface area contributed by atoms with Gasteiger partial charge in [0.25, 0.3) is 5.56 Å². The molecule has 0 saturated heterocycles. The van der Waals surface area contributed by atoms with Crippen molar-refractivity contribution in [2.24, 2.45) is 0 Å². The van der Waals surface area contributed by atoms with Crippen LogP contribution in [0.5, 0.6) is 0 Å². The van der Waals surface area contributed by atoms with Crippen molar-refractivity contribution in [1.29, 1.82) is 0 Å². The standard InChI is InChI=1S/C20H19FN2O/c1-2-16(11-6-10-15-8-4-3-5-9-15)23-14-22-18-13-7-12-17(21)19(18)20(23)24/h2-5,7-9,12-14,16H,1,6,10-11H2/t16-/m0/s1. The lowest BCUT2D eigenvalue weighted by molar-refractivity contribution is 0.516. The number of nitrogens with zero attached hydrogens (tertiary/aromatic N) is 2. The summed E-state index contributed by atoms with van der Waals surface area (Å²) in [4.78, 5) is 16.8. The summed E-state index contributed by atoms with van der Waals surface area (Å²) in [6.07, 6.45) is 5.79. The number of halogens is 1. The molecule has 0 fully saturated rings. The Morgan fingerprint density at radius 1 is 1.17 bits per heavy atom. The van der Waals surface area contributed by atoms with Crippen molar-refractivity contribution in [2.45, 2.75) is 25.3 Å². The van der Waals surface area contributed by atoms with Crippen molar-refractivity contribution in [3.05, 3.63) is 89.2 Å². The fourth-order valence-electron chi connectivity index (χ4n) is 2.90. The van der Waals surface area contributed by atoms with E-state index in [0.717, 1.165) is 19.3 Å². The molecule has 24 heavy (non-hydrogen) atoms. The predicted molar refractivity (Wildman–Crippen MR) is 94.6 cm³/mol. The van der Waals surface area contributed by atoms with Crippen LogP contribution in [0.15, 0.2) is 72.3 Å². The molecule has 3 rings (SSSR count). The van der Waals surface area contributed by atoms with Gasteiger partial charge in [0.1, 0.15) is 11.2 Å². The van der Waals surface area contributed by atoms with E-state index in [4.69, 9.17) is 0 Å². The molecule has 1 heterocycles. The van der Waals surface area contributed by atoms with Crippen molar-refractivity contribution in [3.63, 3.8) is 0 Å². The molecule has 2 aromatic carbocycles. The van der Waals surface area contributed by atoms with Crippen LogP contribution in [0.3, 0.4) is 0 Å². The fraction of sp³-hybridized carbons (Fsp3) is 0.200. The van der Waals surface area contributed by atoms with Gasteiger partial charge >= 0.3 is 0 Å². The van der Waals surface area contributed by atoms with E-state index < -0.39 is 5.82 Å². The van der Waals surface area contributed by atoms with Crippen LogP contribution < -0.4 is 5.56 Å². The smallest absolute Gasteiger partial charge is 0.264 e. The van der Waals surface area contributed by atoms with E-state index in [1.165, 1.54) is 22.5 Å². The normalized spacial score (nSPS) is 12.2. The number of rotatable bonds is 6. The first-order chi connectivity index (χ1) is 11.7. The molecule has 0 N–H and O–H groups in total. The highest BCUT2D eigenvalue weighted by Gasteiger charge is 2.14. The summed E-state index contributed by atoms with van der Waals surface area (Å²) in [6.45, 7) is 3.83. The van der Waals surface area contributed by atoms with Gasteiger partial charge in [0.2, 0.25) is 0 Å². The third-order valence-electron chi connectivity index (χ3n) is 4.20. The maximum Gasteiger partial charge on any atom is 0.264 e. The Balaban J connectivity index is 1.82. The summed E-state index contributed by atoms with van der Waals surface area (Å²) in [5.41, 5.74) is 1.28. The molecule has 0 unspecified atom stereocenters. The highest BCUT2D eigenvalue weighted by Crippen LogP contribution is 2.18. The minimum atomic E-state index is -0.536. The summed E-state index contributed by atoms with van der Waals surface area (Å²) < 4.78 is 15.5. The van der Waals surface area contributed by atoms with Crippen LogP contribution in [0.2, 0.25) is 0 Å². The molecule has 0 aliphatic rings. The monoisotopic (exact) mass is 322 g/mol. The zero-order valence-corrected chi connectivity index (χ0v) is 13.4. The van der Waals surface area contributed by atoms with Gasteiger partial charge in [-0.1, -0.05) is 42.5 Å². The topological polar surface area (TPSA) is 34.9 Å². The molecule has 0 spiro atoms. The number of benzene rings is 2. The molecule has 4 heteroatoms. The minimum absolute atomic E-state index is 0.0370. The van der Waals surface area contributed by atoms with E-state index >= 15 is 0 Å². The largest absolute Gasteiger partial charge is 0.292 e.